The highest BCUT2D eigenvalue weighted by Crippen LogP contribution is 2.29. The molecule has 0 aliphatic heterocycles. The number of ether oxygens (including phenoxy) is 1. The van der Waals surface area contributed by atoms with Crippen LogP contribution in [0, 0.1) is 20.2 Å². The lowest BCUT2D eigenvalue weighted by atomic mass is 10.1. The van der Waals surface area contributed by atoms with Crippen LogP contribution in [0.2, 0.25) is 0 Å². The molecule has 25 heavy (non-hydrogen) atoms. The van der Waals surface area contributed by atoms with E-state index in [1.54, 1.807) is 13.0 Å². The number of rotatable bonds is 8. The van der Waals surface area contributed by atoms with Crippen molar-refractivity contribution in [3.05, 3.63) is 68.3 Å². The Kier molecular flexibility index (Phi) is 5.62. The molecule has 0 saturated heterocycles. The van der Waals surface area contributed by atoms with Gasteiger partial charge >= 0.3 is 0 Å². The summed E-state index contributed by atoms with van der Waals surface area (Å²) in [4.78, 5) is 32.8. The van der Waals surface area contributed by atoms with E-state index in [0.29, 0.717) is 12.4 Å². The van der Waals surface area contributed by atoms with Crippen LogP contribution >= 0.6 is 0 Å². The molecule has 0 spiro atoms. The van der Waals surface area contributed by atoms with Crippen LogP contribution in [-0.4, -0.2) is 28.8 Å². The molecule has 0 saturated carbocycles. The number of nitrogens with one attached hydrogen (secondary N) is 1. The van der Waals surface area contributed by atoms with Crippen LogP contribution in [0.15, 0.2) is 42.5 Å². The van der Waals surface area contributed by atoms with E-state index >= 15 is 0 Å². The minimum absolute atomic E-state index is 0.119. The Morgan fingerprint density at radius 2 is 1.76 bits per heavy atom. The maximum absolute atomic E-state index is 12.1. The summed E-state index contributed by atoms with van der Waals surface area (Å²) in [5.41, 5.74) is 0.129. The van der Waals surface area contributed by atoms with Crippen molar-refractivity contribution < 1.29 is 19.4 Å². The maximum Gasteiger partial charge on any atom is 0.296 e. The SMILES string of the molecule is CCOc1ccc(NCC(=O)c2ccc([N+](=O)[O-])cc2)c([N+](=O)[O-])c1. The van der Waals surface area contributed by atoms with Crippen molar-refractivity contribution in [3.63, 3.8) is 0 Å². The van der Waals surface area contributed by atoms with Crippen molar-refractivity contribution in [3.8, 4) is 5.75 Å². The molecule has 0 atom stereocenters. The number of hydrogen-bond acceptors (Lipinski definition) is 7. The van der Waals surface area contributed by atoms with Gasteiger partial charge in [-0.25, -0.2) is 0 Å². The summed E-state index contributed by atoms with van der Waals surface area (Å²) in [7, 11) is 0. The zero-order valence-electron chi connectivity index (χ0n) is 13.3. The molecule has 0 aromatic heterocycles. The Labute approximate surface area is 142 Å². The van der Waals surface area contributed by atoms with Crippen LogP contribution in [0.3, 0.4) is 0 Å². The molecular formula is C16H15N3O6. The molecule has 0 radical (unpaired) electrons. The summed E-state index contributed by atoms with van der Waals surface area (Å²) in [5.74, 6) is 0.0135. The van der Waals surface area contributed by atoms with Gasteiger partial charge in [0.25, 0.3) is 11.4 Å². The summed E-state index contributed by atoms with van der Waals surface area (Å²) in [6.45, 7) is 1.95. The molecule has 0 bridgehead atoms. The zero-order valence-corrected chi connectivity index (χ0v) is 13.3. The number of non-ortho nitro benzene ring substituents is 1. The van der Waals surface area contributed by atoms with Crippen LogP contribution in [0.1, 0.15) is 17.3 Å². The minimum Gasteiger partial charge on any atom is -0.494 e. The van der Waals surface area contributed by atoms with Crippen molar-refractivity contribution in [1.29, 1.82) is 0 Å². The van der Waals surface area contributed by atoms with Gasteiger partial charge in [0.1, 0.15) is 11.4 Å². The van der Waals surface area contributed by atoms with E-state index in [2.05, 4.69) is 5.32 Å². The first-order chi connectivity index (χ1) is 11.9. The predicted octanol–water partition coefficient (Wildman–Crippen LogP) is 3.20. The fraction of sp³-hybridized carbons (Fsp3) is 0.188. The van der Waals surface area contributed by atoms with Gasteiger partial charge in [-0.3, -0.25) is 25.0 Å². The van der Waals surface area contributed by atoms with Crippen molar-refractivity contribution in [2.45, 2.75) is 6.92 Å². The second kappa shape index (κ2) is 7.86. The molecule has 9 heteroatoms. The third-order valence-electron chi connectivity index (χ3n) is 3.32. The van der Waals surface area contributed by atoms with E-state index in [1.807, 2.05) is 0 Å². The Morgan fingerprint density at radius 1 is 1.08 bits per heavy atom. The smallest absolute Gasteiger partial charge is 0.296 e. The summed E-state index contributed by atoms with van der Waals surface area (Å²) < 4.78 is 5.22. The van der Waals surface area contributed by atoms with E-state index in [4.69, 9.17) is 4.74 Å². The van der Waals surface area contributed by atoms with E-state index in [1.165, 1.54) is 36.4 Å². The Morgan fingerprint density at radius 3 is 2.32 bits per heavy atom. The third kappa shape index (κ3) is 4.50. The Balaban J connectivity index is 2.10. The maximum atomic E-state index is 12.1. The van der Waals surface area contributed by atoms with Gasteiger partial charge in [-0.2, -0.15) is 0 Å². The standard InChI is InChI=1S/C16H15N3O6/c1-2-25-13-7-8-14(15(9-13)19(23)24)17-10-16(20)11-3-5-12(6-4-11)18(21)22/h3-9,17H,2,10H2,1H3. The highest BCUT2D eigenvalue weighted by molar-refractivity contribution is 5.99. The molecule has 0 amide bonds. The average Bonchev–Trinajstić information content (AvgIpc) is 2.60. The van der Waals surface area contributed by atoms with E-state index < -0.39 is 9.85 Å². The molecular weight excluding hydrogens is 330 g/mol. The summed E-state index contributed by atoms with van der Waals surface area (Å²) in [6.07, 6.45) is 0. The number of nitro groups is 2. The van der Waals surface area contributed by atoms with Crippen LogP contribution in [0.4, 0.5) is 17.1 Å². The Hall–Kier alpha value is -3.49. The summed E-state index contributed by atoms with van der Waals surface area (Å²) in [6, 6.07) is 9.45. The normalized spacial score (nSPS) is 10.1. The van der Waals surface area contributed by atoms with Crippen LogP contribution < -0.4 is 10.1 Å². The number of anilines is 1. The number of ketones is 1. The summed E-state index contributed by atoms with van der Waals surface area (Å²) in [5, 5.41) is 24.5. The number of nitrogens with zero attached hydrogens (tertiary/aromatic N) is 2. The van der Waals surface area contributed by atoms with Gasteiger partial charge < -0.3 is 10.1 Å². The first-order valence-electron chi connectivity index (χ1n) is 7.35. The molecule has 9 nitrogen and oxygen atoms in total. The summed E-state index contributed by atoms with van der Waals surface area (Å²) >= 11 is 0. The minimum atomic E-state index is -0.568. The quantitative estimate of drug-likeness (QED) is 0.442. The number of nitro benzene ring substituents is 2. The van der Waals surface area contributed by atoms with E-state index in [-0.39, 0.29) is 35.0 Å². The molecule has 2 aromatic rings. The van der Waals surface area contributed by atoms with Crippen molar-refractivity contribution in [1.82, 2.24) is 0 Å². The van der Waals surface area contributed by atoms with Crippen molar-refractivity contribution in [2.24, 2.45) is 0 Å². The fourth-order valence-electron chi connectivity index (χ4n) is 2.12. The highest BCUT2D eigenvalue weighted by Gasteiger charge is 2.17. The monoisotopic (exact) mass is 345 g/mol. The molecule has 0 heterocycles. The Bertz CT molecular complexity index is 804. The average molecular weight is 345 g/mol. The first-order valence-corrected chi connectivity index (χ1v) is 7.35. The molecule has 2 rings (SSSR count). The second-order valence-corrected chi connectivity index (χ2v) is 4.95. The van der Waals surface area contributed by atoms with Crippen LogP contribution in [0.5, 0.6) is 5.75 Å². The van der Waals surface area contributed by atoms with E-state index in [9.17, 15) is 25.0 Å². The lowest BCUT2D eigenvalue weighted by Crippen LogP contribution is -2.15. The molecule has 2 aromatic carbocycles. The second-order valence-electron chi connectivity index (χ2n) is 4.95. The fourth-order valence-corrected chi connectivity index (χ4v) is 2.12. The van der Waals surface area contributed by atoms with Crippen molar-refractivity contribution >= 4 is 22.8 Å². The van der Waals surface area contributed by atoms with Gasteiger partial charge in [-0.05, 0) is 31.2 Å². The van der Waals surface area contributed by atoms with Gasteiger partial charge in [0, 0.05) is 17.7 Å². The van der Waals surface area contributed by atoms with E-state index in [0.717, 1.165) is 0 Å². The van der Waals surface area contributed by atoms with Crippen LogP contribution in [0.25, 0.3) is 0 Å². The molecule has 0 aliphatic rings. The molecule has 0 fully saturated rings. The van der Waals surface area contributed by atoms with Gasteiger partial charge in [0.2, 0.25) is 0 Å². The molecule has 130 valence electrons. The predicted molar refractivity (Wildman–Crippen MR) is 90.2 cm³/mol. The largest absolute Gasteiger partial charge is 0.494 e. The third-order valence-corrected chi connectivity index (χ3v) is 3.32. The number of benzene rings is 2. The highest BCUT2D eigenvalue weighted by atomic mass is 16.6. The lowest BCUT2D eigenvalue weighted by molar-refractivity contribution is -0.384. The van der Waals surface area contributed by atoms with Gasteiger partial charge in [-0.15, -0.1) is 0 Å². The number of carbonyl (C=O) groups excluding carboxylic acids is 1. The van der Waals surface area contributed by atoms with Crippen LogP contribution in [-0.2, 0) is 0 Å². The topological polar surface area (TPSA) is 125 Å². The lowest BCUT2D eigenvalue weighted by Gasteiger charge is -2.09. The van der Waals surface area contributed by atoms with Gasteiger partial charge in [0.05, 0.1) is 29.1 Å². The zero-order chi connectivity index (χ0) is 18.4. The molecule has 1 N–H and O–H groups in total. The number of hydrogen-bond donors (Lipinski definition) is 1. The van der Waals surface area contributed by atoms with Gasteiger partial charge in [0.15, 0.2) is 5.78 Å². The van der Waals surface area contributed by atoms with Crippen molar-refractivity contribution in [2.75, 3.05) is 18.5 Å². The number of Topliss-reactive ketones (excluding diaryl/α,β-unsaturated/α-hetero) is 1. The van der Waals surface area contributed by atoms with Gasteiger partial charge in [-0.1, -0.05) is 0 Å². The number of carbonyl (C=O) groups is 1. The first kappa shape index (κ1) is 17.9. The molecule has 0 aliphatic carbocycles. The molecule has 0 unspecified atom stereocenters.